The molecule has 0 aromatic heterocycles. The van der Waals surface area contributed by atoms with Gasteiger partial charge in [0.1, 0.15) is 6.04 Å². The summed E-state index contributed by atoms with van der Waals surface area (Å²) in [4.78, 5) is 27.4. The van der Waals surface area contributed by atoms with Gasteiger partial charge in [0.25, 0.3) is 0 Å². The third-order valence-electron chi connectivity index (χ3n) is 4.99. The number of halogens is 1. The SMILES string of the molecule is CC[C@H](C)NC(=O)[C@H](C)N(Cc1cccc(Cl)c1)C(=O)CSCc1cccc(C)c1. The molecule has 2 aromatic rings. The molecule has 0 aliphatic carbocycles. The molecule has 6 heteroatoms. The van der Waals surface area contributed by atoms with Crippen molar-refractivity contribution in [1.29, 1.82) is 0 Å². The Labute approximate surface area is 189 Å². The average Bonchev–Trinajstić information content (AvgIpc) is 2.71. The van der Waals surface area contributed by atoms with Gasteiger partial charge in [-0.05, 0) is 50.5 Å². The maximum absolute atomic E-state index is 13.1. The van der Waals surface area contributed by atoms with Crippen molar-refractivity contribution in [3.8, 4) is 0 Å². The zero-order chi connectivity index (χ0) is 22.1. The van der Waals surface area contributed by atoms with Gasteiger partial charge in [0.15, 0.2) is 0 Å². The normalized spacial score (nSPS) is 12.8. The molecular formula is C24H31ClN2O2S. The van der Waals surface area contributed by atoms with Crippen LogP contribution in [0.5, 0.6) is 0 Å². The molecule has 0 heterocycles. The number of nitrogens with one attached hydrogen (secondary N) is 1. The summed E-state index contributed by atoms with van der Waals surface area (Å²) in [5.74, 6) is 0.879. The van der Waals surface area contributed by atoms with E-state index in [9.17, 15) is 9.59 Å². The lowest BCUT2D eigenvalue weighted by atomic mass is 10.1. The topological polar surface area (TPSA) is 49.4 Å². The van der Waals surface area contributed by atoms with Crippen molar-refractivity contribution in [3.63, 3.8) is 0 Å². The second kappa shape index (κ2) is 12.0. The molecule has 30 heavy (non-hydrogen) atoms. The smallest absolute Gasteiger partial charge is 0.242 e. The summed E-state index contributed by atoms with van der Waals surface area (Å²) < 4.78 is 0. The molecule has 2 rings (SSSR count). The number of nitrogens with zero attached hydrogens (tertiary/aromatic N) is 1. The third-order valence-corrected chi connectivity index (χ3v) is 6.21. The zero-order valence-electron chi connectivity index (χ0n) is 18.2. The molecule has 4 nitrogen and oxygen atoms in total. The van der Waals surface area contributed by atoms with Crippen molar-refractivity contribution < 1.29 is 9.59 Å². The molecule has 0 radical (unpaired) electrons. The summed E-state index contributed by atoms with van der Waals surface area (Å²) in [5.41, 5.74) is 3.30. The van der Waals surface area contributed by atoms with E-state index in [2.05, 4.69) is 30.4 Å². The second-order valence-electron chi connectivity index (χ2n) is 7.63. The van der Waals surface area contributed by atoms with Crippen molar-refractivity contribution >= 4 is 35.2 Å². The van der Waals surface area contributed by atoms with Gasteiger partial charge in [-0.1, -0.05) is 60.5 Å². The van der Waals surface area contributed by atoms with Crippen LogP contribution in [-0.2, 0) is 21.9 Å². The van der Waals surface area contributed by atoms with Gasteiger partial charge in [0, 0.05) is 23.4 Å². The summed E-state index contributed by atoms with van der Waals surface area (Å²) in [6.45, 7) is 8.17. The van der Waals surface area contributed by atoms with E-state index in [1.807, 2.05) is 38.1 Å². The molecule has 2 amide bonds. The number of rotatable bonds is 10. The van der Waals surface area contributed by atoms with Crippen molar-refractivity contribution in [2.75, 3.05) is 5.75 Å². The minimum absolute atomic E-state index is 0.0561. The highest BCUT2D eigenvalue weighted by molar-refractivity contribution is 7.99. The lowest BCUT2D eigenvalue weighted by Crippen LogP contribution is -2.50. The fourth-order valence-electron chi connectivity index (χ4n) is 3.02. The number of hydrogen-bond acceptors (Lipinski definition) is 3. The quantitative estimate of drug-likeness (QED) is 0.544. The molecule has 2 aromatic carbocycles. The molecule has 2 atom stereocenters. The van der Waals surface area contributed by atoms with Gasteiger partial charge in [-0.3, -0.25) is 9.59 Å². The first-order valence-electron chi connectivity index (χ1n) is 10.3. The first-order chi connectivity index (χ1) is 14.3. The Kier molecular flexibility index (Phi) is 9.73. The standard InChI is InChI=1S/C24H31ClN2O2S/c1-5-18(3)26-24(29)19(4)27(14-20-9-7-11-22(25)13-20)23(28)16-30-15-21-10-6-8-17(2)12-21/h6-13,18-19H,5,14-16H2,1-4H3,(H,26,29)/t18-,19-/m0/s1. The van der Waals surface area contributed by atoms with Crippen LogP contribution in [0, 0.1) is 6.92 Å². The number of carbonyl (C=O) groups excluding carboxylic acids is 2. The van der Waals surface area contributed by atoms with Gasteiger partial charge in [0.2, 0.25) is 11.8 Å². The number of carbonyl (C=O) groups is 2. The highest BCUT2D eigenvalue weighted by atomic mass is 35.5. The highest BCUT2D eigenvalue weighted by Gasteiger charge is 2.26. The Morgan fingerprint density at radius 3 is 2.47 bits per heavy atom. The van der Waals surface area contributed by atoms with E-state index in [1.54, 1.807) is 29.7 Å². The van der Waals surface area contributed by atoms with Crippen molar-refractivity contribution in [3.05, 3.63) is 70.2 Å². The molecule has 0 fully saturated rings. The fourth-order valence-corrected chi connectivity index (χ4v) is 4.09. The molecule has 0 bridgehead atoms. The molecule has 0 spiro atoms. The summed E-state index contributed by atoms with van der Waals surface area (Å²) in [5, 5.41) is 3.60. The first-order valence-corrected chi connectivity index (χ1v) is 11.8. The third kappa shape index (κ3) is 7.69. The second-order valence-corrected chi connectivity index (χ2v) is 9.05. The van der Waals surface area contributed by atoms with E-state index >= 15 is 0 Å². The minimum atomic E-state index is -0.565. The van der Waals surface area contributed by atoms with Crippen molar-refractivity contribution in [1.82, 2.24) is 10.2 Å². The van der Waals surface area contributed by atoms with Crippen LogP contribution in [0.25, 0.3) is 0 Å². The van der Waals surface area contributed by atoms with Crippen molar-refractivity contribution in [2.45, 2.75) is 58.5 Å². The minimum Gasteiger partial charge on any atom is -0.352 e. The van der Waals surface area contributed by atoms with E-state index < -0.39 is 6.04 Å². The van der Waals surface area contributed by atoms with Crippen LogP contribution in [0.15, 0.2) is 48.5 Å². The van der Waals surface area contributed by atoms with Crippen LogP contribution in [-0.4, -0.2) is 34.6 Å². The molecule has 1 N–H and O–H groups in total. The van der Waals surface area contributed by atoms with Gasteiger partial charge in [-0.2, -0.15) is 0 Å². The summed E-state index contributed by atoms with van der Waals surface area (Å²) in [6.07, 6.45) is 0.840. The van der Waals surface area contributed by atoms with E-state index in [4.69, 9.17) is 11.6 Å². The number of benzene rings is 2. The number of amides is 2. The molecule has 162 valence electrons. The molecule has 0 saturated heterocycles. The lowest BCUT2D eigenvalue weighted by Gasteiger charge is -2.29. The molecular weight excluding hydrogens is 416 g/mol. The van der Waals surface area contributed by atoms with Gasteiger partial charge >= 0.3 is 0 Å². The predicted molar refractivity (Wildman–Crippen MR) is 127 cm³/mol. The molecule has 0 unspecified atom stereocenters. The summed E-state index contributed by atoms with van der Waals surface area (Å²) in [6, 6.07) is 15.2. The van der Waals surface area contributed by atoms with Crippen LogP contribution < -0.4 is 5.32 Å². The Hall–Kier alpha value is -1.98. The van der Waals surface area contributed by atoms with Gasteiger partial charge in [0.05, 0.1) is 5.75 Å². The monoisotopic (exact) mass is 446 g/mol. The van der Waals surface area contributed by atoms with Gasteiger partial charge in [-0.15, -0.1) is 11.8 Å². The first kappa shape index (κ1) is 24.3. The number of aryl methyl sites for hydroxylation is 1. The largest absolute Gasteiger partial charge is 0.352 e. The number of thioether (sulfide) groups is 1. The summed E-state index contributed by atoms with van der Waals surface area (Å²) in [7, 11) is 0. The van der Waals surface area contributed by atoms with Crippen LogP contribution >= 0.6 is 23.4 Å². The van der Waals surface area contributed by atoms with Gasteiger partial charge in [-0.25, -0.2) is 0 Å². The van der Waals surface area contributed by atoms with E-state index in [0.717, 1.165) is 17.7 Å². The molecule has 0 aliphatic heterocycles. The van der Waals surface area contributed by atoms with E-state index in [-0.39, 0.29) is 17.9 Å². The maximum atomic E-state index is 13.1. The van der Waals surface area contributed by atoms with E-state index in [1.165, 1.54) is 11.1 Å². The molecule has 0 saturated carbocycles. The Balaban J connectivity index is 2.08. The maximum Gasteiger partial charge on any atom is 0.242 e. The van der Waals surface area contributed by atoms with Crippen LogP contribution in [0.2, 0.25) is 5.02 Å². The van der Waals surface area contributed by atoms with Crippen LogP contribution in [0.4, 0.5) is 0 Å². The van der Waals surface area contributed by atoms with Crippen LogP contribution in [0.1, 0.15) is 43.9 Å². The van der Waals surface area contributed by atoms with E-state index in [0.29, 0.717) is 17.3 Å². The zero-order valence-corrected chi connectivity index (χ0v) is 19.7. The lowest BCUT2D eigenvalue weighted by molar-refractivity contribution is -0.138. The predicted octanol–water partition coefficient (Wildman–Crippen LogP) is 5.21. The van der Waals surface area contributed by atoms with Gasteiger partial charge < -0.3 is 10.2 Å². The summed E-state index contributed by atoms with van der Waals surface area (Å²) >= 11 is 7.68. The average molecular weight is 447 g/mol. The fraction of sp³-hybridized carbons (Fsp3) is 0.417. The number of hydrogen-bond donors (Lipinski definition) is 1. The highest BCUT2D eigenvalue weighted by Crippen LogP contribution is 2.18. The molecule has 0 aliphatic rings. The van der Waals surface area contributed by atoms with Crippen molar-refractivity contribution in [2.24, 2.45) is 0 Å². The Morgan fingerprint density at radius 2 is 1.80 bits per heavy atom. The van der Waals surface area contributed by atoms with Crippen LogP contribution in [0.3, 0.4) is 0 Å². The Morgan fingerprint density at radius 1 is 1.10 bits per heavy atom. The Bertz CT molecular complexity index is 859.